The van der Waals surface area contributed by atoms with E-state index in [2.05, 4.69) is 9.68 Å². The normalized spacial score (nSPS) is 11.7. The molecule has 0 unspecified atom stereocenters. The Bertz CT molecular complexity index is 273. The molecule has 1 aromatic rings. The molecule has 0 spiro atoms. The smallest absolute Gasteiger partial charge is 0.180 e. The van der Waals surface area contributed by atoms with E-state index in [-0.39, 0.29) is 4.90 Å². The second kappa shape index (κ2) is 1.84. The number of hydrogen-bond acceptors (Lipinski definition) is 4. The monoisotopic (exact) mass is 147 g/mol. The fraction of sp³-hybridized carbons (Fsp3) is 0.250. The van der Waals surface area contributed by atoms with Gasteiger partial charge in [-0.05, 0) is 0 Å². The summed E-state index contributed by atoms with van der Waals surface area (Å²) in [4.78, 5) is 0.113. The van der Waals surface area contributed by atoms with Crippen molar-refractivity contribution in [1.29, 1.82) is 0 Å². The van der Waals surface area contributed by atoms with Crippen LogP contribution in [0, 0.1) is 0 Å². The van der Waals surface area contributed by atoms with E-state index in [0.29, 0.717) is 0 Å². The maximum atomic E-state index is 10.6. The van der Waals surface area contributed by atoms with E-state index < -0.39 is 9.84 Å². The summed E-state index contributed by atoms with van der Waals surface area (Å²) in [5, 5.41) is 3.23. The van der Waals surface area contributed by atoms with Gasteiger partial charge in [-0.2, -0.15) is 0 Å². The largest absolute Gasteiger partial charge is 0.363 e. The zero-order chi connectivity index (χ0) is 6.91. The van der Waals surface area contributed by atoms with E-state index in [4.69, 9.17) is 0 Å². The zero-order valence-electron chi connectivity index (χ0n) is 4.73. The van der Waals surface area contributed by atoms with Crippen LogP contribution in [0.25, 0.3) is 0 Å². The van der Waals surface area contributed by atoms with Crippen molar-refractivity contribution < 1.29 is 12.9 Å². The van der Waals surface area contributed by atoms with Crippen LogP contribution in [0.3, 0.4) is 0 Å². The molecule has 9 heavy (non-hydrogen) atoms. The van der Waals surface area contributed by atoms with Crippen LogP contribution in [0.4, 0.5) is 0 Å². The molecule has 0 saturated carbocycles. The molecule has 1 heterocycles. The van der Waals surface area contributed by atoms with E-state index in [1.807, 2.05) is 0 Å². The Kier molecular flexibility index (Phi) is 1.28. The summed E-state index contributed by atoms with van der Waals surface area (Å²) in [5.41, 5.74) is 0. The summed E-state index contributed by atoms with van der Waals surface area (Å²) in [7, 11) is -3.12. The highest BCUT2D eigenvalue weighted by molar-refractivity contribution is 7.90. The first-order valence-corrected chi connectivity index (χ1v) is 4.09. The molecule has 5 heteroatoms. The lowest BCUT2D eigenvalue weighted by molar-refractivity contribution is 0.417. The molecule has 0 radical (unpaired) electrons. The van der Waals surface area contributed by atoms with Crippen molar-refractivity contribution in [1.82, 2.24) is 5.16 Å². The van der Waals surface area contributed by atoms with Crippen molar-refractivity contribution in [2.75, 3.05) is 6.26 Å². The number of sulfone groups is 1. The van der Waals surface area contributed by atoms with E-state index in [1.165, 1.54) is 0 Å². The van der Waals surface area contributed by atoms with Gasteiger partial charge in [0.2, 0.25) is 0 Å². The second-order valence-electron chi connectivity index (χ2n) is 1.63. The predicted octanol–water partition coefficient (Wildman–Crippen LogP) is 0.0781. The van der Waals surface area contributed by atoms with Crippen molar-refractivity contribution in [2.45, 2.75) is 4.90 Å². The zero-order valence-corrected chi connectivity index (χ0v) is 5.55. The maximum absolute atomic E-state index is 10.6. The highest BCUT2D eigenvalue weighted by Crippen LogP contribution is 2.04. The Morgan fingerprint density at radius 1 is 1.67 bits per heavy atom. The Labute approximate surface area is 52.4 Å². The van der Waals surface area contributed by atoms with Gasteiger partial charge in [-0.3, -0.25) is 0 Å². The number of rotatable bonds is 1. The van der Waals surface area contributed by atoms with Crippen molar-refractivity contribution in [2.24, 2.45) is 0 Å². The van der Waals surface area contributed by atoms with Gasteiger partial charge in [0.15, 0.2) is 9.84 Å². The highest BCUT2D eigenvalue weighted by Gasteiger charge is 2.07. The van der Waals surface area contributed by atoms with E-state index in [9.17, 15) is 8.42 Å². The molecule has 1 aromatic heterocycles. The summed E-state index contributed by atoms with van der Waals surface area (Å²) in [6, 6.07) is 0. The molecule has 50 valence electrons. The van der Waals surface area contributed by atoms with Crippen molar-refractivity contribution in [3.63, 3.8) is 0 Å². The molecule has 0 bridgehead atoms. The van der Waals surface area contributed by atoms with Crippen LogP contribution in [0.15, 0.2) is 21.9 Å². The van der Waals surface area contributed by atoms with E-state index in [0.717, 1.165) is 18.7 Å². The molecule has 0 aliphatic heterocycles. The Balaban J connectivity index is 3.20. The average molecular weight is 147 g/mol. The minimum atomic E-state index is -3.12. The van der Waals surface area contributed by atoms with Gasteiger partial charge in [0.25, 0.3) is 0 Å². The Morgan fingerprint density at radius 3 is 2.56 bits per heavy atom. The van der Waals surface area contributed by atoms with E-state index in [1.54, 1.807) is 0 Å². The minimum absolute atomic E-state index is 0.113. The van der Waals surface area contributed by atoms with Gasteiger partial charge < -0.3 is 4.52 Å². The third-order valence-electron chi connectivity index (χ3n) is 0.838. The summed E-state index contributed by atoms with van der Waals surface area (Å²) in [5.74, 6) is 0. The molecular formula is C4H5NO3S. The topological polar surface area (TPSA) is 60.2 Å². The van der Waals surface area contributed by atoms with Gasteiger partial charge >= 0.3 is 0 Å². The van der Waals surface area contributed by atoms with Gasteiger partial charge in [0, 0.05) is 6.26 Å². The fourth-order valence-electron chi connectivity index (χ4n) is 0.378. The van der Waals surface area contributed by atoms with Gasteiger partial charge in [0.1, 0.15) is 11.2 Å². The Hall–Kier alpha value is -0.840. The van der Waals surface area contributed by atoms with Crippen LogP contribution in [-0.2, 0) is 9.84 Å². The molecule has 0 saturated heterocycles. The SMILES string of the molecule is CS(=O)(=O)c1cnoc1. The summed E-state index contributed by atoms with van der Waals surface area (Å²) in [6.45, 7) is 0. The molecule has 1 rings (SSSR count). The average Bonchev–Trinajstić information content (AvgIpc) is 2.08. The lowest BCUT2D eigenvalue weighted by Gasteiger charge is -1.83. The summed E-state index contributed by atoms with van der Waals surface area (Å²) in [6.07, 6.45) is 3.35. The number of aromatic nitrogens is 1. The fourth-order valence-corrected chi connectivity index (χ4v) is 0.831. The first-order valence-electron chi connectivity index (χ1n) is 2.20. The van der Waals surface area contributed by atoms with Gasteiger partial charge in [-0.15, -0.1) is 0 Å². The third-order valence-corrected chi connectivity index (χ3v) is 1.90. The van der Waals surface area contributed by atoms with Crippen molar-refractivity contribution >= 4 is 9.84 Å². The molecule has 0 fully saturated rings. The molecule has 0 N–H and O–H groups in total. The predicted molar refractivity (Wildman–Crippen MR) is 29.6 cm³/mol. The first kappa shape index (κ1) is 6.28. The molecule has 0 aliphatic rings. The van der Waals surface area contributed by atoms with Crippen molar-refractivity contribution in [3.8, 4) is 0 Å². The summed E-state index contributed by atoms with van der Waals surface area (Å²) >= 11 is 0. The molecule has 0 aromatic carbocycles. The standard InChI is InChI=1S/C4H5NO3S/c1-9(6,7)4-2-5-8-3-4/h2-3H,1H3. The second-order valence-corrected chi connectivity index (χ2v) is 3.65. The van der Waals surface area contributed by atoms with Crippen LogP contribution < -0.4 is 0 Å². The van der Waals surface area contributed by atoms with Crippen LogP contribution in [-0.4, -0.2) is 19.8 Å². The number of hydrogen-bond donors (Lipinski definition) is 0. The lowest BCUT2D eigenvalue weighted by Crippen LogP contribution is -1.93. The van der Waals surface area contributed by atoms with Gasteiger partial charge in [-0.1, -0.05) is 5.16 Å². The minimum Gasteiger partial charge on any atom is -0.363 e. The van der Waals surface area contributed by atoms with Crippen molar-refractivity contribution in [3.05, 3.63) is 12.5 Å². The van der Waals surface area contributed by atoms with Crippen LogP contribution in [0.1, 0.15) is 0 Å². The Morgan fingerprint density at radius 2 is 2.33 bits per heavy atom. The maximum Gasteiger partial charge on any atom is 0.180 e. The lowest BCUT2D eigenvalue weighted by atomic mass is 10.8. The van der Waals surface area contributed by atoms with Crippen LogP contribution >= 0.6 is 0 Å². The van der Waals surface area contributed by atoms with Gasteiger partial charge in [-0.25, -0.2) is 8.42 Å². The first-order chi connectivity index (χ1) is 4.11. The third kappa shape index (κ3) is 1.29. The molecule has 4 nitrogen and oxygen atoms in total. The van der Waals surface area contributed by atoms with E-state index >= 15 is 0 Å². The number of nitrogens with zero attached hydrogens (tertiary/aromatic N) is 1. The van der Waals surface area contributed by atoms with Gasteiger partial charge in [0.05, 0.1) is 6.20 Å². The van der Waals surface area contributed by atoms with Crippen LogP contribution in [0.2, 0.25) is 0 Å². The summed E-state index contributed by atoms with van der Waals surface area (Å²) < 4.78 is 25.5. The molecular weight excluding hydrogens is 142 g/mol. The molecule has 0 amide bonds. The molecule has 0 aliphatic carbocycles. The molecule has 0 atom stereocenters. The highest BCUT2D eigenvalue weighted by atomic mass is 32.2. The van der Waals surface area contributed by atoms with Crippen LogP contribution in [0.5, 0.6) is 0 Å². The quantitative estimate of drug-likeness (QED) is 0.564.